The van der Waals surface area contributed by atoms with Crippen LogP contribution in [0.1, 0.15) is 42.9 Å². The lowest BCUT2D eigenvalue weighted by Gasteiger charge is -2.38. The van der Waals surface area contributed by atoms with E-state index < -0.39 is 0 Å². The second-order valence-electron chi connectivity index (χ2n) is 9.47. The normalized spacial score (nSPS) is 17.1. The second-order valence-corrected chi connectivity index (χ2v) is 9.47. The summed E-state index contributed by atoms with van der Waals surface area (Å²) < 4.78 is 20.3. The molecule has 1 amide bonds. The van der Waals surface area contributed by atoms with E-state index in [9.17, 15) is 9.18 Å². The quantitative estimate of drug-likeness (QED) is 0.538. The first kappa shape index (κ1) is 24.5. The highest BCUT2D eigenvalue weighted by Crippen LogP contribution is 2.23. The predicted molar refractivity (Wildman–Crippen MR) is 128 cm³/mol. The molecule has 1 aromatic heterocycles. The van der Waals surface area contributed by atoms with Crippen molar-refractivity contribution in [3.63, 3.8) is 0 Å². The highest BCUT2D eigenvalue weighted by molar-refractivity contribution is 5.79. The third-order valence-corrected chi connectivity index (χ3v) is 6.97. The molecule has 2 aromatic rings. The Labute approximate surface area is 201 Å². The number of piperidine rings is 1. The van der Waals surface area contributed by atoms with E-state index in [0.717, 1.165) is 50.3 Å². The van der Waals surface area contributed by atoms with Gasteiger partial charge in [0.15, 0.2) is 0 Å². The minimum absolute atomic E-state index is 0.0244. The van der Waals surface area contributed by atoms with E-state index in [0.29, 0.717) is 36.7 Å². The Hall–Kier alpha value is -2.58. The Bertz CT molecular complexity index is 942. The number of aliphatic hydroxyl groups is 1. The number of nitrogens with zero attached hydrogens (tertiary/aromatic N) is 4. The molecule has 0 bridgehead atoms. The monoisotopic (exact) mass is 470 g/mol. The molecule has 1 aromatic carbocycles. The molecule has 0 saturated carbocycles. The van der Waals surface area contributed by atoms with Gasteiger partial charge in [0.25, 0.3) is 0 Å². The van der Waals surface area contributed by atoms with E-state index in [2.05, 4.69) is 21.8 Å². The molecule has 0 radical (unpaired) electrons. The summed E-state index contributed by atoms with van der Waals surface area (Å²) in [7, 11) is 0. The van der Waals surface area contributed by atoms with Crippen molar-refractivity contribution in [2.75, 3.05) is 44.3 Å². The molecule has 1 N–H and O–H groups in total. The van der Waals surface area contributed by atoms with Crippen LogP contribution in [-0.2, 0) is 29.0 Å². The van der Waals surface area contributed by atoms with E-state index in [1.807, 2.05) is 12.4 Å². The van der Waals surface area contributed by atoms with E-state index in [-0.39, 0.29) is 37.3 Å². The van der Waals surface area contributed by atoms with Crippen molar-refractivity contribution in [1.29, 1.82) is 0 Å². The first-order valence-corrected chi connectivity index (χ1v) is 12.3. The summed E-state index contributed by atoms with van der Waals surface area (Å²) in [6.45, 7) is 6.11. The maximum absolute atomic E-state index is 14.5. The van der Waals surface area contributed by atoms with Crippen LogP contribution in [0.5, 0.6) is 0 Å². The minimum Gasteiger partial charge on any atom is -0.396 e. The minimum atomic E-state index is -0.329. The molecule has 0 aliphatic carbocycles. The summed E-state index contributed by atoms with van der Waals surface area (Å²) in [4.78, 5) is 25.1. The first-order valence-electron chi connectivity index (χ1n) is 12.3. The van der Waals surface area contributed by atoms with Gasteiger partial charge in [-0.25, -0.2) is 14.4 Å². The van der Waals surface area contributed by atoms with Crippen LogP contribution in [0.4, 0.5) is 10.3 Å². The molecule has 0 unspecified atom stereocenters. The Balaban J connectivity index is 1.14. The predicted octanol–water partition coefficient (Wildman–Crippen LogP) is 2.99. The fourth-order valence-corrected chi connectivity index (χ4v) is 4.54. The standard InChI is InChI=1S/C26H35FN4O3/c1-2-19-13-28-26(29-14-19)30-8-5-20(6-9-30)7-10-34-18-23-4-3-21(11-24(23)27)12-25(33)31-15-22(16-31)17-32/h3-4,11,13-14,20,22,32H,2,5-10,12,15-18H2,1H3. The fraction of sp³-hybridized carbons (Fsp3) is 0.577. The maximum Gasteiger partial charge on any atom is 0.227 e. The van der Waals surface area contributed by atoms with Gasteiger partial charge in [-0.2, -0.15) is 0 Å². The van der Waals surface area contributed by atoms with Crippen molar-refractivity contribution >= 4 is 11.9 Å². The average Bonchev–Trinajstić information content (AvgIpc) is 2.83. The van der Waals surface area contributed by atoms with Crippen molar-refractivity contribution in [3.8, 4) is 0 Å². The Morgan fingerprint density at radius 1 is 1.15 bits per heavy atom. The molecule has 3 heterocycles. The lowest BCUT2D eigenvalue weighted by molar-refractivity contribution is -0.137. The van der Waals surface area contributed by atoms with Crippen LogP contribution in [0.3, 0.4) is 0 Å². The summed E-state index contributed by atoms with van der Waals surface area (Å²) >= 11 is 0. The SMILES string of the molecule is CCc1cnc(N2CCC(CCOCc3ccc(CC(=O)N4CC(CO)C4)cc3F)CC2)nc1. The molecule has 2 aliphatic rings. The molecule has 184 valence electrons. The highest BCUT2D eigenvalue weighted by atomic mass is 19.1. The van der Waals surface area contributed by atoms with E-state index >= 15 is 0 Å². The number of aliphatic hydroxyl groups excluding tert-OH is 1. The molecule has 8 heteroatoms. The smallest absolute Gasteiger partial charge is 0.227 e. The van der Waals surface area contributed by atoms with Crippen LogP contribution in [0.15, 0.2) is 30.6 Å². The zero-order chi connectivity index (χ0) is 23.9. The van der Waals surface area contributed by atoms with Gasteiger partial charge in [0.2, 0.25) is 11.9 Å². The number of carbonyl (C=O) groups excluding carboxylic acids is 1. The van der Waals surface area contributed by atoms with Crippen molar-refractivity contribution in [3.05, 3.63) is 53.1 Å². The molecule has 2 aliphatic heterocycles. The van der Waals surface area contributed by atoms with Crippen molar-refractivity contribution in [1.82, 2.24) is 14.9 Å². The van der Waals surface area contributed by atoms with Crippen LogP contribution >= 0.6 is 0 Å². The van der Waals surface area contributed by atoms with Gasteiger partial charge >= 0.3 is 0 Å². The number of carbonyl (C=O) groups is 1. The fourth-order valence-electron chi connectivity index (χ4n) is 4.54. The summed E-state index contributed by atoms with van der Waals surface area (Å²) in [6.07, 6.45) is 8.06. The summed E-state index contributed by atoms with van der Waals surface area (Å²) in [6, 6.07) is 4.95. The molecule has 4 rings (SSSR count). The lowest BCUT2D eigenvalue weighted by Crippen LogP contribution is -2.51. The van der Waals surface area contributed by atoms with Gasteiger partial charge in [0, 0.05) is 63.3 Å². The molecule has 2 saturated heterocycles. The van der Waals surface area contributed by atoms with Gasteiger partial charge in [0.05, 0.1) is 13.0 Å². The zero-order valence-electron chi connectivity index (χ0n) is 20.0. The van der Waals surface area contributed by atoms with Crippen LogP contribution < -0.4 is 4.90 Å². The molecule has 7 nitrogen and oxygen atoms in total. The Morgan fingerprint density at radius 2 is 1.88 bits per heavy atom. The number of aromatic nitrogens is 2. The third kappa shape index (κ3) is 6.30. The Kier molecular flexibility index (Phi) is 8.45. The van der Waals surface area contributed by atoms with Gasteiger partial charge in [-0.1, -0.05) is 19.1 Å². The van der Waals surface area contributed by atoms with Gasteiger partial charge in [-0.3, -0.25) is 4.79 Å². The number of ether oxygens (including phenoxy) is 1. The number of rotatable bonds is 10. The number of aryl methyl sites for hydroxylation is 1. The van der Waals surface area contributed by atoms with Crippen molar-refractivity contribution in [2.45, 2.75) is 45.6 Å². The summed E-state index contributed by atoms with van der Waals surface area (Å²) in [5.41, 5.74) is 2.33. The molecule has 0 spiro atoms. The second kappa shape index (κ2) is 11.7. The molecule has 34 heavy (non-hydrogen) atoms. The molecular formula is C26H35FN4O3. The van der Waals surface area contributed by atoms with Crippen LogP contribution in [-0.4, -0.2) is 65.3 Å². The molecular weight excluding hydrogens is 435 g/mol. The number of halogens is 1. The van der Waals surface area contributed by atoms with E-state index in [1.54, 1.807) is 17.0 Å². The van der Waals surface area contributed by atoms with Crippen molar-refractivity contribution in [2.24, 2.45) is 11.8 Å². The number of amides is 1. The average molecular weight is 471 g/mol. The highest BCUT2D eigenvalue weighted by Gasteiger charge is 2.29. The molecule has 2 fully saturated rings. The van der Waals surface area contributed by atoms with E-state index in [1.165, 1.54) is 6.07 Å². The van der Waals surface area contributed by atoms with Gasteiger partial charge in [0.1, 0.15) is 5.82 Å². The maximum atomic E-state index is 14.5. The summed E-state index contributed by atoms with van der Waals surface area (Å²) in [5, 5.41) is 9.07. The third-order valence-electron chi connectivity index (χ3n) is 6.97. The van der Waals surface area contributed by atoms with Crippen LogP contribution in [0.2, 0.25) is 0 Å². The number of hydrogen-bond donors (Lipinski definition) is 1. The van der Waals surface area contributed by atoms with Crippen LogP contribution in [0, 0.1) is 17.7 Å². The number of hydrogen-bond acceptors (Lipinski definition) is 6. The summed E-state index contributed by atoms with van der Waals surface area (Å²) in [5.74, 6) is 1.23. The lowest BCUT2D eigenvalue weighted by atomic mass is 9.94. The first-order chi connectivity index (χ1) is 16.6. The van der Waals surface area contributed by atoms with E-state index in [4.69, 9.17) is 9.84 Å². The number of likely N-dealkylation sites (tertiary alicyclic amines) is 1. The number of benzene rings is 1. The number of anilines is 1. The van der Waals surface area contributed by atoms with Crippen LogP contribution in [0.25, 0.3) is 0 Å². The molecule has 0 atom stereocenters. The van der Waals surface area contributed by atoms with Gasteiger partial charge in [-0.05, 0) is 48.8 Å². The van der Waals surface area contributed by atoms with Gasteiger partial charge < -0.3 is 19.6 Å². The topological polar surface area (TPSA) is 78.8 Å². The largest absolute Gasteiger partial charge is 0.396 e. The van der Waals surface area contributed by atoms with Gasteiger partial charge in [-0.15, -0.1) is 0 Å². The Morgan fingerprint density at radius 3 is 2.53 bits per heavy atom. The van der Waals surface area contributed by atoms with Crippen molar-refractivity contribution < 1.29 is 19.0 Å². The zero-order valence-corrected chi connectivity index (χ0v) is 20.0.